The molecule has 1 atom stereocenters. The summed E-state index contributed by atoms with van der Waals surface area (Å²) in [6.45, 7) is 7.30. The number of rotatable bonds is 4. The van der Waals surface area contributed by atoms with Crippen LogP contribution in [0, 0.1) is 5.41 Å². The van der Waals surface area contributed by atoms with Gasteiger partial charge in [0.1, 0.15) is 0 Å². The SMILES string of the molecule is CC(C)(C)[C@H]1CN(C(=O)CSCC(N)=O)c2ccccc21. The molecule has 1 aliphatic rings. The third kappa shape index (κ3) is 3.59. The third-order valence-electron chi connectivity index (χ3n) is 3.78. The molecule has 0 aromatic heterocycles. The number of fused-ring (bicyclic) bond motifs is 1. The molecule has 2 rings (SSSR count). The normalized spacial score (nSPS) is 17.7. The minimum absolute atomic E-state index is 0.0421. The van der Waals surface area contributed by atoms with Crippen molar-refractivity contribution in [3.63, 3.8) is 0 Å². The first-order chi connectivity index (χ1) is 9.80. The van der Waals surface area contributed by atoms with Crippen molar-refractivity contribution in [3.8, 4) is 0 Å². The average molecular weight is 306 g/mol. The summed E-state index contributed by atoms with van der Waals surface area (Å²) in [4.78, 5) is 25.0. The lowest BCUT2D eigenvalue weighted by Crippen LogP contribution is -2.34. The number of anilines is 1. The Labute approximate surface area is 130 Å². The van der Waals surface area contributed by atoms with E-state index < -0.39 is 0 Å². The fraction of sp³-hybridized carbons (Fsp3) is 0.500. The molecule has 0 saturated heterocycles. The fourth-order valence-electron chi connectivity index (χ4n) is 2.70. The van der Waals surface area contributed by atoms with Gasteiger partial charge in [0.05, 0.1) is 11.5 Å². The number of nitrogens with two attached hydrogens (primary N) is 1. The third-order valence-corrected chi connectivity index (χ3v) is 4.72. The maximum absolute atomic E-state index is 12.4. The van der Waals surface area contributed by atoms with Gasteiger partial charge in [-0.1, -0.05) is 39.0 Å². The van der Waals surface area contributed by atoms with E-state index in [-0.39, 0.29) is 28.7 Å². The second-order valence-electron chi connectivity index (χ2n) is 6.44. The van der Waals surface area contributed by atoms with Gasteiger partial charge in [-0.25, -0.2) is 0 Å². The first kappa shape index (κ1) is 15.9. The van der Waals surface area contributed by atoms with Gasteiger partial charge in [0.25, 0.3) is 0 Å². The van der Waals surface area contributed by atoms with E-state index in [4.69, 9.17) is 5.73 Å². The fourth-order valence-corrected chi connectivity index (χ4v) is 3.33. The van der Waals surface area contributed by atoms with Gasteiger partial charge in [-0.3, -0.25) is 9.59 Å². The summed E-state index contributed by atoms with van der Waals surface area (Å²) >= 11 is 1.27. The summed E-state index contributed by atoms with van der Waals surface area (Å²) in [7, 11) is 0. The number of benzene rings is 1. The minimum atomic E-state index is -0.387. The molecule has 1 aromatic carbocycles. The highest BCUT2D eigenvalue weighted by Crippen LogP contribution is 2.45. The summed E-state index contributed by atoms with van der Waals surface area (Å²) < 4.78 is 0. The number of nitrogens with zero attached hydrogens (tertiary/aromatic N) is 1. The zero-order valence-corrected chi connectivity index (χ0v) is 13.6. The van der Waals surface area contributed by atoms with Crippen LogP contribution in [0.25, 0.3) is 0 Å². The first-order valence-electron chi connectivity index (χ1n) is 7.06. The lowest BCUT2D eigenvalue weighted by molar-refractivity contribution is -0.116. The maximum atomic E-state index is 12.4. The van der Waals surface area contributed by atoms with E-state index in [2.05, 4.69) is 26.8 Å². The molecule has 0 saturated carbocycles. The predicted molar refractivity (Wildman–Crippen MR) is 87.5 cm³/mol. The smallest absolute Gasteiger partial charge is 0.237 e. The van der Waals surface area contributed by atoms with Crippen LogP contribution in [0.5, 0.6) is 0 Å². The number of hydrogen-bond donors (Lipinski definition) is 1. The summed E-state index contributed by atoms with van der Waals surface area (Å²) in [5, 5.41) is 0. The molecule has 0 unspecified atom stereocenters. The van der Waals surface area contributed by atoms with E-state index in [1.165, 1.54) is 17.3 Å². The van der Waals surface area contributed by atoms with Crippen LogP contribution in [-0.4, -0.2) is 29.9 Å². The molecule has 114 valence electrons. The van der Waals surface area contributed by atoms with Gasteiger partial charge in [0, 0.05) is 18.2 Å². The van der Waals surface area contributed by atoms with Crippen molar-refractivity contribution >= 4 is 29.3 Å². The topological polar surface area (TPSA) is 63.4 Å². The molecular weight excluding hydrogens is 284 g/mol. The minimum Gasteiger partial charge on any atom is -0.369 e. The van der Waals surface area contributed by atoms with Gasteiger partial charge in [0.15, 0.2) is 0 Å². The Morgan fingerprint density at radius 2 is 1.95 bits per heavy atom. The molecular formula is C16H22N2O2S. The molecule has 1 aliphatic heterocycles. The Balaban J connectivity index is 2.15. The molecule has 0 aliphatic carbocycles. The van der Waals surface area contributed by atoms with Gasteiger partial charge >= 0.3 is 0 Å². The Hall–Kier alpha value is -1.49. The molecule has 0 radical (unpaired) electrons. The van der Waals surface area contributed by atoms with E-state index in [9.17, 15) is 9.59 Å². The molecule has 1 aromatic rings. The maximum Gasteiger partial charge on any atom is 0.237 e. The monoisotopic (exact) mass is 306 g/mol. The van der Waals surface area contributed by atoms with Crippen LogP contribution in [-0.2, 0) is 9.59 Å². The standard InChI is InChI=1S/C16H22N2O2S/c1-16(2,3)12-8-18(13-7-5-4-6-11(12)13)15(20)10-21-9-14(17)19/h4-7,12H,8-10H2,1-3H3,(H2,17,19)/t12-/m0/s1. The van der Waals surface area contributed by atoms with Crippen LogP contribution in [0.15, 0.2) is 24.3 Å². The van der Waals surface area contributed by atoms with Gasteiger partial charge in [-0.2, -0.15) is 0 Å². The summed E-state index contributed by atoms with van der Waals surface area (Å²) in [5.41, 5.74) is 7.44. The quantitative estimate of drug-likeness (QED) is 0.929. The molecule has 0 spiro atoms. The van der Waals surface area contributed by atoms with Gasteiger partial charge in [0.2, 0.25) is 11.8 Å². The molecule has 2 amide bonds. The highest BCUT2D eigenvalue weighted by molar-refractivity contribution is 8.00. The lowest BCUT2D eigenvalue weighted by atomic mass is 9.78. The molecule has 21 heavy (non-hydrogen) atoms. The Morgan fingerprint density at radius 3 is 2.57 bits per heavy atom. The Bertz CT molecular complexity index is 551. The molecule has 0 fully saturated rings. The number of carbonyl (C=O) groups is 2. The van der Waals surface area contributed by atoms with E-state index in [0.717, 1.165) is 5.69 Å². The van der Waals surface area contributed by atoms with Gasteiger partial charge in [-0.05, 0) is 17.0 Å². The number of primary amides is 1. The largest absolute Gasteiger partial charge is 0.369 e. The van der Waals surface area contributed by atoms with Crippen molar-refractivity contribution in [1.82, 2.24) is 0 Å². The molecule has 5 heteroatoms. The van der Waals surface area contributed by atoms with Crippen LogP contribution in [0.4, 0.5) is 5.69 Å². The Morgan fingerprint density at radius 1 is 1.29 bits per heavy atom. The van der Waals surface area contributed by atoms with E-state index >= 15 is 0 Å². The van der Waals surface area contributed by atoms with Crippen molar-refractivity contribution in [1.29, 1.82) is 0 Å². The molecule has 1 heterocycles. The number of para-hydroxylation sites is 1. The van der Waals surface area contributed by atoms with Crippen LogP contribution in [0.2, 0.25) is 0 Å². The number of carbonyl (C=O) groups excluding carboxylic acids is 2. The second kappa shape index (κ2) is 6.10. The van der Waals surface area contributed by atoms with Gasteiger partial charge < -0.3 is 10.6 Å². The van der Waals surface area contributed by atoms with E-state index in [1.54, 1.807) is 0 Å². The van der Waals surface area contributed by atoms with Crippen molar-refractivity contribution in [2.75, 3.05) is 23.0 Å². The summed E-state index contributed by atoms with van der Waals surface area (Å²) in [5.74, 6) is 0.458. The Kier molecular flexibility index (Phi) is 4.61. The lowest BCUT2D eigenvalue weighted by Gasteiger charge is -2.27. The van der Waals surface area contributed by atoms with E-state index in [0.29, 0.717) is 12.5 Å². The number of amides is 2. The number of hydrogen-bond acceptors (Lipinski definition) is 3. The summed E-state index contributed by atoms with van der Waals surface area (Å²) in [6.07, 6.45) is 0. The highest BCUT2D eigenvalue weighted by atomic mass is 32.2. The zero-order valence-electron chi connectivity index (χ0n) is 12.8. The highest BCUT2D eigenvalue weighted by Gasteiger charge is 2.38. The zero-order chi connectivity index (χ0) is 15.6. The van der Waals surface area contributed by atoms with Gasteiger partial charge in [-0.15, -0.1) is 11.8 Å². The van der Waals surface area contributed by atoms with Crippen molar-refractivity contribution in [2.45, 2.75) is 26.7 Å². The van der Waals surface area contributed by atoms with E-state index in [1.807, 2.05) is 23.1 Å². The summed E-state index contributed by atoms with van der Waals surface area (Å²) in [6, 6.07) is 8.08. The molecule has 4 nitrogen and oxygen atoms in total. The molecule has 2 N–H and O–H groups in total. The van der Waals surface area contributed by atoms with Crippen LogP contribution >= 0.6 is 11.8 Å². The predicted octanol–water partition coefficient (Wildman–Crippen LogP) is 2.38. The first-order valence-corrected chi connectivity index (χ1v) is 8.21. The second-order valence-corrected chi connectivity index (χ2v) is 7.43. The van der Waals surface area contributed by atoms with Crippen molar-refractivity contribution in [3.05, 3.63) is 29.8 Å². The van der Waals surface area contributed by atoms with Crippen LogP contribution in [0.1, 0.15) is 32.3 Å². The van der Waals surface area contributed by atoms with Crippen molar-refractivity contribution in [2.24, 2.45) is 11.1 Å². The van der Waals surface area contributed by atoms with Crippen LogP contribution < -0.4 is 10.6 Å². The van der Waals surface area contributed by atoms with Crippen LogP contribution in [0.3, 0.4) is 0 Å². The number of thioether (sulfide) groups is 1. The molecule has 0 bridgehead atoms. The van der Waals surface area contributed by atoms with Crippen molar-refractivity contribution < 1.29 is 9.59 Å². The average Bonchev–Trinajstić information content (AvgIpc) is 2.77.